The zero-order chi connectivity index (χ0) is 15.0. The lowest BCUT2D eigenvalue weighted by Gasteiger charge is -2.16. The highest BCUT2D eigenvalue weighted by molar-refractivity contribution is 7.19. The zero-order valence-corrected chi connectivity index (χ0v) is 12.6. The number of nitrogens with one attached hydrogen (secondary N) is 1. The fourth-order valence-corrected chi connectivity index (χ4v) is 3.69. The van der Waals surface area contributed by atoms with Gasteiger partial charge in [0.1, 0.15) is 11.6 Å². The van der Waals surface area contributed by atoms with E-state index < -0.39 is 11.6 Å². The maximum Gasteiger partial charge on any atom is 0.131 e. The number of fused-ring (bicyclic) bond motifs is 1. The van der Waals surface area contributed by atoms with Crippen LogP contribution < -0.4 is 5.32 Å². The molecule has 1 atom stereocenters. The van der Waals surface area contributed by atoms with Crippen LogP contribution in [0.25, 0.3) is 10.1 Å². The SMILES string of the molecule is CNC(c1cc2ccccc2s1)c1cc(C)c(F)cc1F. The molecule has 0 aliphatic carbocycles. The Balaban J connectivity index is 2.11. The Bertz CT molecular complexity index is 762. The number of hydrogen-bond acceptors (Lipinski definition) is 2. The van der Waals surface area contributed by atoms with E-state index in [4.69, 9.17) is 0 Å². The van der Waals surface area contributed by atoms with Crippen LogP contribution in [0.3, 0.4) is 0 Å². The number of aryl methyl sites for hydroxylation is 1. The molecule has 0 spiro atoms. The minimum atomic E-state index is -0.519. The molecule has 1 N–H and O–H groups in total. The summed E-state index contributed by atoms with van der Waals surface area (Å²) in [7, 11) is 1.78. The van der Waals surface area contributed by atoms with Crippen LogP contribution in [0.2, 0.25) is 0 Å². The van der Waals surface area contributed by atoms with Gasteiger partial charge >= 0.3 is 0 Å². The lowest BCUT2D eigenvalue weighted by atomic mass is 10.0. The van der Waals surface area contributed by atoms with Crippen molar-refractivity contribution in [2.45, 2.75) is 13.0 Å². The van der Waals surface area contributed by atoms with Crippen molar-refractivity contribution in [2.75, 3.05) is 7.05 Å². The fraction of sp³-hybridized carbons (Fsp3) is 0.176. The van der Waals surface area contributed by atoms with Crippen molar-refractivity contribution in [1.82, 2.24) is 5.32 Å². The number of rotatable bonds is 3. The summed E-state index contributed by atoms with van der Waals surface area (Å²) in [6.45, 7) is 1.65. The first-order valence-corrected chi connectivity index (χ1v) is 7.53. The van der Waals surface area contributed by atoms with E-state index in [-0.39, 0.29) is 6.04 Å². The van der Waals surface area contributed by atoms with Crippen LogP contribution in [0.15, 0.2) is 42.5 Å². The predicted octanol–water partition coefficient (Wildman–Crippen LogP) is 4.80. The van der Waals surface area contributed by atoms with Crippen LogP contribution in [0.4, 0.5) is 8.78 Å². The summed E-state index contributed by atoms with van der Waals surface area (Å²) in [4.78, 5) is 1.02. The van der Waals surface area contributed by atoms with Gasteiger partial charge in [-0.25, -0.2) is 8.78 Å². The van der Waals surface area contributed by atoms with E-state index in [1.165, 1.54) is 0 Å². The number of halogens is 2. The largest absolute Gasteiger partial charge is 0.309 e. The Morgan fingerprint density at radius 3 is 2.52 bits per heavy atom. The van der Waals surface area contributed by atoms with E-state index in [1.807, 2.05) is 24.3 Å². The molecule has 0 aliphatic rings. The van der Waals surface area contributed by atoms with Gasteiger partial charge in [0.15, 0.2) is 0 Å². The van der Waals surface area contributed by atoms with Crippen molar-refractivity contribution in [3.05, 3.63) is 70.1 Å². The molecule has 1 aromatic heterocycles. The molecule has 1 unspecified atom stereocenters. The topological polar surface area (TPSA) is 12.0 Å². The second-order valence-corrected chi connectivity index (χ2v) is 6.15. The molecular weight excluding hydrogens is 288 g/mol. The summed E-state index contributed by atoms with van der Waals surface area (Å²) in [5.41, 5.74) is 0.927. The van der Waals surface area contributed by atoms with E-state index in [2.05, 4.69) is 11.4 Å². The summed E-state index contributed by atoms with van der Waals surface area (Å²) in [5, 5.41) is 4.27. The molecule has 21 heavy (non-hydrogen) atoms. The Hall–Kier alpha value is -1.78. The Morgan fingerprint density at radius 2 is 1.81 bits per heavy atom. The lowest BCUT2D eigenvalue weighted by Crippen LogP contribution is -2.18. The van der Waals surface area contributed by atoms with E-state index in [1.54, 1.807) is 31.4 Å². The van der Waals surface area contributed by atoms with Crippen LogP contribution in [0.1, 0.15) is 22.0 Å². The summed E-state index contributed by atoms with van der Waals surface area (Å²) in [6, 6.07) is 12.4. The van der Waals surface area contributed by atoms with Gasteiger partial charge in [-0.15, -0.1) is 11.3 Å². The normalized spacial score (nSPS) is 12.8. The average molecular weight is 303 g/mol. The second-order valence-electron chi connectivity index (χ2n) is 5.03. The molecule has 0 radical (unpaired) electrons. The molecule has 1 heterocycles. The van der Waals surface area contributed by atoms with E-state index in [0.29, 0.717) is 11.1 Å². The third-order valence-corrected chi connectivity index (χ3v) is 4.79. The molecule has 0 amide bonds. The van der Waals surface area contributed by atoms with Crippen molar-refractivity contribution in [1.29, 1.82) is 0 Å². The minimum absolute atomic E-state index is 0.276. The van der Waals surface area contributed by atoms with Crippen molar-refractivity contribution < 1.29 is 8.78 Å². The molecular formula is C17H15F2NS. The Morgan fingerprint density at radius 1 is 1.05 bits per heavy atom. The molecule has 4 heteroatoms. The van der Waals surface area contributed by atoms with E-state index in [0.717, 1.165) is 21.0 Å². The molecule has 0 saturated heterocycles. The summed E-state index contributed by atoms with van der Waals surface area (Å²) in [5.74, 6) is -1.03. The number of hydrogen-bond donors (Lipinski definition) is 1. The van der Waals surface area contributed by atoms with Gasteiger partial charge in [-0.2, -0.15) is 0 Å². The van der Waals surface area contributed by atoms with Crippen LogP contribution in [-0.2, 0) is 0 Å². The first-order chi connectivity index (χ1) is 10.1. The van der Waals surface area contributed by atoms with Gasteiger partial charge in [0, 0.05) is 21.2 Å². The second kappa shape index (κ2) is 5.54. The molecule has 2 aromatic carbocycles. The zero-order valence-electron chi connectivity index (χ0n) is 11.8. The summed E-state index contributed by atoms with van der Waals surface area (Å²) >= 11 is 1.62. The molecule has 0 aliphatic heterocycles. The van der Waals surface area contributed by atoms with Crippen LogP contribution >= 0.6 is 11.3 Å². The van der Waals surface area contributed by atoms with Crippen molar-refractivity contribution in [2.24, 2.45) is 0 Å². The van der Waals surface area contributed by atoms with Gasteiger partial charge in [0.25, 0.3) is 0 Å². The van der Waals surface area contributed by atoms with Crippen LogP contribution in [-0.4, -0.2) is 7.05 Å². The van der Waals surface area contributed by atoms with Crippen molar-refractivity contribution in [3.8, 4) is 0 Å². The Labute approximate surface area is 126 Å². The molecule has 108 valence electrons. The molecule has 0 fully saturated rings. The van der Waals surface area contributed by atoms with E-state index in [9.17, 15) is 8.78 Å². The Kier molecular flexibility index (Phi) is 3.74. The number of thiophene rings is 1. The third kappa shape index (κ3) is 2.57. The highest BCUT2D eigenvalue weighted by Crippen LogP contribution is 2.34. The lowest BCUT2D eigenvalue weighted by molar-refractivity contribution is 0.549. The van der Waals surface area contributed by atoms with Crippen LogP contribution in [0.5, 0.6) is 0 Å². The van der Waals surface area contributed by atoms with Gasteiger partial charge in [0.2, 0.25) is 0 Å². The first kappa shape index (κ1) is 14.2. The molecule has 0 saturated carbocycles. The molecule has 3 aromatic rings. The molecule has 0 bridgehead atoms. The minimum Gasteiger partial charge on any atom is -0.309 e. The van der Waals surface area contributed by atoms with E-state index >= 15 is 0 Å². The third-order valence-electron chi connectivity index (χ3n) is 3.61. The predicted molar refractivity (Wildman–Crippen MR) is 83.8 cm³/mol. The van der Waals surface area contributed by atoms with Gasteiger partial charge in [-0.05, 0) is 43.1 Å². The smallest absolute Gasteiger partial charge is 0.131 e. The van der Waals surface area contributed by atoms with Crippen molar-refractivity contribution >= 4 is 21.4 Å². The monoisotopic (exact) mass is 303 g/mol. The van der Waals surface area contributed by atoms with Gasteiger partial charge < -0.3 is 5.32 Å². The van der Waals surface area contributed by atoms with Crippen molar-refractivity contribution in [3.63, 3.8) is 0 Å². The summed E-state index contributed by atoms with van der Waals surface area (Å²) in [6.07, 6.45) is 0. The van der Waals surface area contributed by atoms with Gasteiger partial charge in [-0.3, -0.25) is 0 Å². The van der Waals surface area contributed by atoms with Gasteiger partial charge in [0.05, 0.1) is 6.04 Å². The molecule has 1 nitrogen and oxygen atoms in total. The van der Waals surface area contributed by atoms with Crippen LogP contribution in [0, 0.1) is 18.6 Å². The number of benzene rings is 2. The first-order valence-electron chi connectivity index (χ1n) is 6.71. The maximum absolute atomic E-state index is 14.1. The quantitative estimate of drug-likeness (QED) is 0.733. The maximum atomic E-state index is 14.1. The fourth-order valence-electron chi connectivity index (χ4n) is 2.50. The molecule has 3 rings (SSSR count). The highest BCUT2D eigenvalue weighted by Gasteiger charge is 2.20. The summed E-state index contributed by atoms with van der Waals surface area (Å²) < 4.78 is 28.7. The standard InChI is InChI=1S/C17H15F2NS/c1-10-7-12(14(19)9-13(10)18)17(20-2)16-8-11-5-3-4-6-15(11)21-16/h3-9,17,20H,1-2H3. The highest BCUT2D eigenvalue weighted by atomic mass is 32.1. The average Bonchev–Trinajstić information content (AvgIpc) is 2.88. The van der Waals surface area contributed by atoms with Gasteiger partial charge in [-0.1, -0.05) is 18.2 Å².